The molecule has 2 rings (SSSR count). The van der Waals surface area contributed by atoms with Gasteiger partial charge in [-0.15, -0.1) is 0 Å². The molecule has 7 nitrogen and oxygen atoms in total. The van der Waals surface area contributed by atoms with Crippen LogP contribution >= 0.6 is 0 Å². The van der Waals surface area contributed by atoms with Crippen LogP contribution in [0, 0.1) is 5.92 Å². The smallest absolute Gasteiger partial charge is 0.191 e. The van der Waals surface area contributed by atoms with Gasteiger partial charge in [0, 0.05) is 52.2 Å². The summed E-state index contributed by atoms with van der Waals surface area (Å²) in [6.45, 7) is 3.39. The molecule has 24 heavy (non-hydrogen) atoms. The quantitative estimate of drug-likeness (QED) is 0.379. The van der Waals surface area contributed by atoms with Crippen LogP contribution in [-0.2, 0) is 11.8 Å². The summed E-state index contributed by atoms with van der Waals surface area (Å²) in [6, 6.07) is 0.249. The maximum absolute atomic E-state index is 5.65. The van der Waals surface area contributed by atoms with Crippen molar-refractivity contribution < 1.29 is 4.74 Å². The summed E-state index contributed by atoms with van der Waals surface area (Å²) in [7, 11) is 7.89. The molecule has 0 aliphatic heterocycles. The predicted molar refractivity (Wildman–Crippen MR) is 97.2 cm³/mol. The molecular weight excluding hydrogens is 304 g/mol. The number of ether oxygens (including phenoxy) is 1. The van der Waals surface area contributed by atoms with Gasteiger partial charge in [0.25, 0.3) is 0 Å². The third-order valence-electron chi connectivity index (χ3n) is 4.23. The Bertz CT molecular complexity index is 509. The fourth-order valence-corrected chi connectivity index (χ4v) is 2.54. The SMILES string of the molecule is CN=C(NCCCOCC1CC1)NCC(c1cnn(C)c1)N(C)C. The minimum absolute atomic E-state index is 0.249. The highest BCUT2D eigenvalue weighted by atomic mass is 16.5. The van der Waals surface area contributed by atoms with Crippen LogP contribution in [0.25, 0.3) is 0 Å². The number of hydrogen-bond donors (Lipinski definition) is 2. The number of aromatic nitrogens is 2. The molecular formula is C17H32N6O. The van der Waals surface area contributed by atoms with Gasteiger partial charge in [-0.25, -0.2) is 0 Å². The highest BCUT2D eigenvalue weighted by Crippen LogP contribution is 2.28. The van der Waals surface area contributed by atoms with Gasteiger partial charge in [0.05, 0.1) is 12.2 Å². The van der Waals surface area contributed by atoms with E-state index < -0.39 is 0 Å². The van der Waals surface area contributed by atoms with E-state index in [1.807, 2.05) is 17.9 Å². The molecule has 1 aromatic rings. The zero-order valence-corrected chi connectivity index (χ0v) is 15.5. The highest BCUT2D eigenvalue weighted by molar-refractivity contribution is 5.79. The van der Waals surface area contributed by atoms with E-state index in [1.54, 1.807) is 7.05 Å². The van der Waals surface area contributed by atoms with Gasteiger partial charge in [-0.2, -0.15) is 5.10 Å². The van der Waals surface area contributed by atoms with Gasteiger partial charge in [0.1, 0.15) is 0 Å². The average Bonchev–Trinajstić information content (AvgIpc) is 3.28. The summed E-state index contributed by atoms with van der Waals surface area (Å²) in [4.78, 5) is 6.47. The number of likely N-dealkylation sites (N-methyl/N-ethyl adjacent to an activating group) is 1. The highest BCUT2D eigenvalue weighted by Gasteiger charge is 2.20. The normalized spacial score (nSPS) is 16.5. The summed E-state index contributed by atoms with van der Waals surface area (Å²) in [6.07, 6.45) is 7.66. The molecule has 0 bridgehead atoms. The van der Waals surface area contributed by atoms with Crippen molar-refractivity contribution in [2.45, 2.75) is 25.3 Å². The van der Waals surface area contributed by atoms with Crippen LogP contribution in [0.2, 0.25) is 0 Å². The lowest BCUT2D eigenvalue weighted by Gasteiger charge is -2.24. The second kappa shape index (κ2) is 9.64. The monoisotopic (exact) mass is 336 g/mol. The average molecular weight is 336 g/mol. The van der Waals surface area contributed by atoms with E-state index in [2.05, 4.69) is 45.9 Å². The summed E-state index contributed by atoms with van der Waals surface area (Å²) in [5.74, 6) is 1.66. The van der Waals surface area contributed by atoms with Crippen molar-refractivity contribution in [1.29, 1.82) is 0 Å². The van der Waals surface area contributed by atoms with E-state index in [-0.39, 0.29) is 6.04 Å². The summed E-state index contributed by atoms with van der Waals surface area (Å²) < 4.78 is 7.48. The van der Waals surface area contributed by atoms with Crippen LogP contribution < -0.4 is 10.6 Å². The van der Waals surface area contributed by atoms with Crippen LogP contribution in [0.15, 0.2) is 17.4 Å². The van der Waals surface area contributed by atoms with Crippen molar-refractivity contribution in [1.82, 2.24) is 25.3 Å². The Morgan fingerprint density at radius 1 is 1.46 bits per heavy atom. The maximum atomic E-state index is 5.65. The lowest BCUT2D eigenvalue weighted by Crippen LogP contribution is -2.42. The van der Waals surface area contributed by atoms with Crippen molar-refractivity contribution in [2.75, 3.05) is 47.4 Å². The first kappa shape index (κ1) is 18.7. The second-order valence-corrected chi connectivity index (χ2v) is 6.68. The number of nitrogens with zero attached hydrogens (tertiary/aromatic N) is 4. The molecule has 1 saturated carbocycles. The van der Waals surface area contributed by atoms with E-state index in [1.165, 1.54) is 18.4 Å². The fraction of sp³-hybridized carbons (Fsp3) is 0.765. The molecule has 1 unspecified atom stereocenters. The van der Waals surface area contributed by atoms with Crippen molar-refractivity contribution in [3.05, 3.63) is 18.0 Å². The van der Waals surface area contributed by atoms with Crippen molar-refractivity contribution in [3.63, 3.8) is 0 Å². The predicted octanol–water partition coefficient (Wildman–Crippen LogP) is 1.00. The Hall–Kier alpha value is -1.60. The number of nitrogens with one attached hydrogen (secondary N) is 2. The maximum Gasteiger partial charge on any atom is 0.191 e. The first-order valence-electron chi connectivity index (χ1n) is 8.77. The summed E-state index contributed by atoms with van der Waals surface area (Å²) in [5.41, 5.74) is 1.19. The van der Waals surface area contributed by atoms with Gasteiger partial charge in [-0.3, -0.25) is 9.67 Å². The Balaban J connectivity index is 1.66. The van der Waals surface area contributed by atoms with Crippen molar-refractivity contribution in [2.24, 2.45) is 18.0 Å². The number of hydrogen-bond acceptors (Lipinski definition) is 4. The Kier molecular flexibility index (Phi) is 7.52. The van der Waals surface area contributed by atoms with Crippen LogP contribution in [0.3, 0.4) is 0 Å². The lowest BCUT2D eigenvalue weighted by molar-refractivity contribution is 0.123. The topological polar surface area (TPSA) is 66.7 Å². The molecule has 0 radical (unpaired) electrons. The van der Waals surface area contributed by atoms with Crippen LogP contribution in [0.1, 0.15) is 30.9 Å². The van der Waals surface area contributed by atoms with E-state index in [9.17, 15) is 0 Å². The van der Waals surface area contributed by atoms with E-state index in [0.717, 1.165) is 44.6 Å². The Labute approximate surface area is 145 Å². The number of aliphatic imine (C=N–C) groups is 1. The van der Waals surface area contributed by atoms with Crippen molar-refractivity contribution >= 4 is 5.96 Å². The number of guanidine groups is 1. The van der Waals surface area contributed by atoms with Crippen LogP contribution in [0.4, 0.5) is 0 Å². The standard InChI is InChI=1S/C17H32N6O/c1-18-17(19-8-5-9-24-13-14-6-7-14)20-11-16(22(2)3)15-10-21-23(4)12-15/h10,12,14,16H,5-9,11,13H2,1-4H3,(H2,18,19,20). The molecule has 0 aromatic carbocycles. The van der Waals surface area contributed by atoms with Gasteiger partial charge < -0.3 is 20.3 Å². The van der Waals surface area contributed by atoms with Gasteiger partial charge in [0.15, 0.2) is 5.96 Å². The summed E-state index contributed by atoms with van der Waals surface area (Å²) in [5, 5.41) is 11.0. The molecule has 1 aliphatic carbocycles. The third-order valence-corrected chi connectivity index (χ3v) is 4.23. The second-order valence-electron chi connectivity index (χ2n) is 6.68. The van der Waals surface area contributed by atoms with Crippen molar-refractivity contribution in [3.8, 4) is 0 Å². The molecule has 0 spiro atoms. The van der Waals surface area contributed by atoms with Gasteiger partial charge in [-0.05, 0) is 39.3 Å². The molecule has 1 aromatic heterocycles. The largest absolute Gasteiger partial charge is 0.381 e. The Morgan fingerprint density at radius 2 is 2.25 bits per heavy atom. The number of aryl methyl sites for hydroxylation is 1. The van der Waals surface area contributed by atoms with Gasteiger partial charge in [-0.1, -0.05) is 0 Å². The van der Waals surface area contributed by atoms with Crippen LogP contribution in [0.5, 0.6) is 0 Å². The first-order valence-corrected chi connectivity index (χ1v) is 8.77. The number of rotatable bonds is 10. The zero-order chi connectivity index (χ0) is 17.4. The lowest BCUT2D eigenvalue weighted by atomic mass is 10.1. The first-order chi connectivity index (χ1) is 11.6. The van der Waals surface area contributed by atoms with E-state index in [0.29, 0.717) is 0 Å². The van der Waals surface area contributed by atoms with Gasteiger partial charge >= 0.3 is 0 Å². The van der Waals surface area contributed by atoms with Crippen LogP contribution in [-0.4, -0.2) is 68.1 Å². The van der Waals surface area contributed by atoms with E-state index in [4.69, 9.17) is 4.74 Å². The fourth-order valence-electron chi connectivity index (χ4n) is 2.54. The molecule has 2 N–H and O–H groups in total. The zero-order valence-electron chi connectivity index (χ0n) is 15.5. The minimum Gasteiger partial charge on any atom is -0.381 e. The molecule has 0 amide bonds. The molecule has 1 atom stereocenters. The summed E-state index contributed by atoms with van der Waals surface area (Å²) >= 11 is 0. The Morgan fingerprint density at radius 3 is 2.83 bits per heavy atom. The van der Waals surface area contributed by atoms with E-state index >= 15 is 0 Å². The molecule has 1 aliphatic rings. The molecule has 136 valence electrons. The molecule has 1 heterocycles. The molecule has 7 heteroatoms. The van der Waals surface area contributed by atoms with Gasteiger partial charge in [0.2, 0.25) is 0 Å². The molecule has 1 fully saturated rings. The third kappa shape index (κ3) is 6.49. The molecule has 0 saturated heterocycles. The minimum atomic E-state index is 0.249.